The molecule has 0 saturated heterocycles. The van der Waals surface area contributed by atoms with E-state index in [1.165, 1.54) is 0 Å². The van der Waals surface area contributed by atoms with Gasteiger partial charge in [-0.3, -0.25) is 4.79 Å². The molecule has 0 bridgehead atoms. The molecule has 3 rings (SSSR count). The topological polar surface area (TPSA) is 85.3 Å². The Bertz CT molecular complexity index is 1160. The number of pyridine rings is 1. The molecule has 3 aromatic rings. The van der Waals surface area contributed by atoms with E-state index >= 15 is 0 Å². The number of fused-ring (bicyclic) bond motifs is 1. The van der Waals surface area contributed by atoms with Crippen molar-refractivity contribution in [2.45, 2.75) is 0 Å². The quantitative estimate of drug-likeness (QED) is 0.473. The molecule has 0 aliphatic rings. The summed E-state index contributed by atoms with van der Waals surface area (Å²) in [6.07, 6.45) is 0.860. The van der Waals surface area contributed by atoms with E-state index in [1.54, 1.807) is 0 Å². The van der Waals surface area contributed by atoms with Crippen molar-refractivity contribution in [3.05, 3.63) is 66.9 Å². The second kappa shape index (κ2) is 6.42. The van der Waals surface area contributed by atoms with Gasteiger partial charge in [0.2, 0.25) is 5.43 Å². The molecule has 0 unspecified atom stereocenters. The van der Waals surface area contributed by atoms with Crippen molar-refractivity contribution in [2.24, 2.45) is 0 Å². The molecule has 0 atom stereocenters. The number of nitrogen functional groups attached to an aromatic ring is 1. The number of anilines is 1. The normalized spacial score (nSPS) is 11.1. The van der Waals surface area contributed by atoms with E-state index in [-0.39, 0.29) is 37.3 Å². The lowest BCUT2D eigenvalue weighted by Crippen LogP contribution is -2.19. The molecule has 0 spiro atoms. The number of carboxylic acid groups (broad SMARTS) is 1. The molecule has 10 heteroatoms. The van der Waals surface area contributed by atoms with E-state index in [9.17, 15) is 23.5 Å². The van der Waals surface area contributed by atoms with Crippen molar-refractivity contribution >= 4 is 57.4 Å². The fourth-order valence-corrected chi connectivity index (χ4v) is 3.16. The predicted octanol–water partition coefficient (Wildman–Crippen LogP) is 4.51. The van der Waals surface area contributed by atoms with Gasteiger partial charge in [0.1, 0.15) is 17.2 Å². The van der Waals surface area contributed by atoms with Crippen LogP contribution < -0.4 is 11.2 Å². The summed E-state index contributed by atoms with van der Waals surface area (Å²) in [5.74, 6) is -3.61. The van der Waals surface area contributed by atoms with E-state index < -0.39 is 28.6 Å². The summed E-state index contributed by atoms with van der Waals surface area (Å²) in [6, 6.07) is 2.60. The molecule has 1 heterocycles. The Balaban J connectivity index is 2.59. The molecule has 0 saturated carbocycles. The van der Waals surface area contributed by atoms with E-state index in [4.69, 9.17) is 40.5 Å². The number of aromatic nitrogens is 1. The molecule has 0 aliphatic carbocycles. The number of nitrogens with two attached hydrogens (primary N) is 1. The Hall–Kier alpha value is -2.35. The summed E-state index contributed by atoms with van der Waals surface area (Å²) in [4.78, 5) is 23.9. The molecule has 2 aromatic carbocycles. The summed E-state index contributed by atoms with van der Waals surface area (Å²) >= 11 is 18.1. The van der Waals surface area contributed by atoms with Gasteiger partial charge in [0.25, 0.3) is 0 Å². The number of aromatic carboxylic acids is 1. The van der Waals surface area contributed by atoms with Crippen molar-refractivity contribution in [3.63, 3.8) is 0 Å². The molecule has 0 amide bonds. The Kier molecular flexibility index (Phi) is 4.56. The smallest absolute Gasteiger partial charge is 0.341 e. The number of carbonyl (C=O) groups is 1. The highest BCUT2D eigenvalue weighted by molar-refractivity contribution is 6.50. The largest absolute Gasteiger partial charge is 0.477 e. The van der Waals surface area contributed by atoms with E-state index in [0.29, 0.717) is 6.07 Å². The van der Waals surface area contributed by atoms with Gasteiger partial charge in [-0.15, -0.1) is 0 Å². The maximum Gasteiger partial charge on any atom is 0.341 e. The molecule has 1 aromatic heterocycles. The van der Waals surface area contributed by atoms with Gasteiger partial charge in [0.05, 0.1) is 37.3 Å². The van der Waals surface area contributed by atoms with Crippen LogP contribution in [0.5, 0.6) is 0 Å². The number of rotatable bonds is 2. The van der Waals surface area contributed by atoms with Gasteiger partial charge in [-0.05, 0) is 12.1 Å². The first-order valence-electron chi connectivity index (χ1n) is 6.84. The minimum absolute atomic E-state index is 0.0885. The van der Waals surface area contributed by atoms with E-state index in [0.717, 1.165) is 22.9 Å². The maximum atomic E-state index is 14.3. The molecule has 26 heavy (non-hydrogen) atoms. The molecular formula is C16H7Cl3F2N2O3. The third kappa shape index (κ3) is 2.78. The highest BCUT2D eigenvalue weighted by Gasteiger charge is 2.22. The third-order valence-corrected chi connectivity index (χ3v) is 4.93. The number of hydrogen-bond acceptors (Lipinski definition) is 3. The van der Waals surface area contributed by atoms with Crippen LogP contribution in [0, 0.1) is 11.6 Å². The zero-order valence-corrected chi connectivity index (χ0v) is 14.8. The Labute approximate surface area is 159 Å². The number of hydrogen-bond donors (Lipinski definition) is 2. The average Bonchev–Trinajstić information content (AvgIpc) is 2.57. The molecule has 0 aliphatic heterocycles. The zero-order valence-electron chi connectivity index (χ0n) is 12.5. The van der Waals surface area contributed by atoms with Gasteiger partial charge in [0.15, 0.2) is 0 Å². The summed E-state index contributed by atoms with van der Waals surface area (Å²) in [5.41, 5.74) is 3.11. The lowest BCUT2D eigenvalue weighted by atomic mass is 10.1. The number of benzene rings is 2. The minimum Gasteiger partial charge on any atom is -0.477 e. The highest BCUT2D eigenvalue weighted by Crippen LogP contribution is 2.37. The third-order valence-electron chi connectivity index (χ3n) is 3.68. The molecular weight excluding hydrogens is 413 g/mol. The number of carboxylic acids is 1. The first-order chi connectivity index (χ1) is 12.1. The molecule has 5 nitrogen and oxygen atoms in total. The van der Waals surface area contributed by atoms with Crippen LogP contribution in [0.25, 0.3) is 16.6 Å². The lowest BCUT2D eigenvalue weighted by molar-refractivity contribution is 0.0695. The van der Waals surface area contributed by atoms with Crippen LogP contribution in [0.2, 0.25) is 15.1 Å². The fourth-order valence-electron chi connectivity index (χ4n) is 2.47. The van der Waals surface area contributed by atoms with Crippen molar-refractivity contribution < 1.29 is 18.7 Å². The van der Waals surface area contributed by atoms with Crippen molar-refractivity contribution in [1.29, 1.82) is 0 Å². The van der Waals surface area contributed by atoms with Crippen LogP contribution in [0.4, 0.5) is 14.5 Å². The van der Waals surface area contributed by atoms with Crippen molar-refractivity contribution in [2.75, 3.05) is 5.73 Å². The van der Waals surface area contributed by atoms with Gasteiger partial charge < -0.3 is 15.4 Å². The molecule has 0 fully saturated rings. The zero-order chi connectivity index (χ0) is 19.3. The Morgan fingerprint density at radius 3 is 2.35 bits per heavy atom. The summed E-state index contributed by atoms with van der Waals surface area (Å²) in [5, 5.41) is 8.66. The van der Waals surface area contributed by atoms with Crippen LogP contribution in [0.1, 0.15) is 10.4 Å². The summed E-state index contributed by atoms with van der Waals surface area (Å²) in [7, 11) is 0. The second-order valence-electron chi connectivity index (χ2n) is 5.25. The van der Waals surface area contributed by atoms with E-state index in [2.05, 4.69) is 0 Å². The van der Waals surface area contributed by atoms with Crippen LogP contribution in [0.15, 0.2) is 29.2 Å². The first kappa shape index (κ1) is 18.4. The first-order valence-corrected chi connectivity index (χ1v) is 7.98. The average molecular weight is 420 g/mol. The molecule has 0 radical (unpaired) electrons. The summed E-state index contributed by atoms with van der Waals surface area (Å²) < 4.78 is 28.8. The number of halogens is 5. The van der Waals surface area contributed by atoms with Crippen LogP contribution >= 0.6 is 34.8 Å². The van der Waals surface area contributed by atoms with Gasteiger partial charge in [0, 0.05) is 12.3 Å². The SMILES string of the molecule is Nc1cc(-n2cc(C(=O)O)c(=O)c3cc(Cl)c(Cl)c(Cl)c32)c(F)cc1F. The van der Waals surface area contributed by atoms with Crippen molar-refractivity contribution in [3.8, 4) is 5.69 Å². The lowest BCUT2D eigenvalue weighted by Gasteiger charge is -2.16. The summed E-state index contributed by atoms with van der Waals surface area (Å²) in [6.45, 7) is 0. The minimum atomic E-state index is -1.55. The Morgan fingerprint density at radius 1 is 1.08 bits per heavy atom. The van der Waals surface area contributed by atoms with E-state index in [1.807, 2.05) is 0 Å². The Morgan fingerprint density at radius 2 is 1.73 bits per heavy atom. The van der Waals surface area contributed by atoms with Gasteiger partial charge >= 0.3 is 5.97 Å². The molecule has 3 N–H and O–H groups in total. The van der Waals surface area contributed by atoms with Gasteiger partial charge in [-0.1, -0.05) is 34.8 Å². The highest BCUT2D eigenvalue weighted by atomic mass is 35.5. The fraction of sp³-hybridized carbons (Fsp3) is 0. The van der Waals surface area contributed by atoms with Gasteiger partial charge in [-0.25, -0.2) is 13.6 Å². The number of nitrogens with zero attached hydrogens (tertiary/aromatic N) is 1. The van der Waals surface area contributed by atoms with Crippen LogP contribution in [-0.2, 0) is 0 Å². The maximum absolute atomic E-state index is 14.3. The monoisotopic (exact) mass is 418 g/mol. The van der Waals surface area contributed by atoms with Crippen LogP contribution in [0.3, 0.4) is 0 Å². The van der Waals surface area contributed by atoms with Crippen molar-refractivity contribution in [1.82, 2.24) is 4.57 Å². The van der Waals surface area contributed by atoms with Gasteiger partial charge in [-0.2, -0.15) is 0 Å². The predicted molar refractivity (Wildman–Crippen MR) is 95.9 cm³/mol. The second-order valence-corrected chi connectivity index (χ2v) is 6.42. The van der Waals surface area contributed by atoms with Crippen LogP contribution in [-0.4, -0.2) is 15.6 Å². The molecule has 134 valence electrons. The standard InChI is InChI=1S/C16H7Cl3F2N2O3/c17-7-1-5-14(13(19)12(7)18)23(4-6(15(5)24)16(25)26)11-3-10(22)8(20)2-9(11)21/h1-4H,22H2,(H,25,26).